The molecule has 2 rings (SSSR count). The summed E-state index contributed by atoms with van der Waals surface area (Å²) in [5.41, 5.74) is 4.03. The van der Waals surface area contributed by atoms with E-state index in [1.165, 1.54) is 29.5 Å². The third-order valence-corrected chi connectivity index (χ3v) is 3.67. The van der Waals surface area contributed by atoms with Crippen LogP contribution in [0.4, 0.5) is 0 Å². The van der Waals surface area contributed by atoms with Crippen molar-refractivity contribution < 1.29 is 9.47 Å². The number of aryl methyl sites for hydroxylation is 1. The number of ether oxygens (including phenoxy) is 2. The standard InChI is InChI=1S/C16H25NO2/c1-12-9-16(19-8-4-7-18-3)10-14(13(12)2)11-17-15-5-6-15/h9-10,15,17H,4-8,11H2,1-3H3. The maximum atomic E-state index is 5.80. The van der Waals surface area contributed by atoms with Gasteiger partial charge in [0.05, 0.1) is 6.61 Å². The number of rotatable bonds is 8. The zero-order valence-corrected chi connectivity index (χ0v) is 12.3. The molecule has 3 nitrogen and oxygen atoms in total. The van der Waals surface area contributed by atoms with Crippen LogP contribution in [0.25, 0.3) is 0 Å². The quantitative estimate of drug-likeness (QED) is 0.731. The molecule has 19 heavy (non-hydrogen) atoms. The molecule has 1 aliphatic rings. The van der Waals surface area contributed by atoms with Crippen molar-refractivity contribution >= 4 is 0 Å². The lowest BCUT2D eigenvalue weighted by Crippen LogP contribution is -2.16. The van der Waals surface area contributed by atoms with Crippen LogP contribution < -0.4 is 10.1 Å². The van der Waals surface area contributed by atoms with Gasteiger partial charge in [-0.2, -0.15) is 0 Å². The van der Waals surface area contributed by atoms with E-state index in [0.717, 1.165) is 31.4 Å². The maximum absolute atomic E-state index is 5.80. The fourth-order valence-corrected chi connectivity index (χ4v) is 2.10. The van der Waals surface area contributed by atoms with E-state index in [1.807, 2.05) is 0 Å². The lowest BCUT2D eigenvalue weighted by molar-refractivity contribution is 0.172. The van der Waals surface area contributed by atoms with Gasteiger partial charge in [-0.25, -0.2) is 0 Å². The highest BCUT2D eigenvalue weighted by Gasteiger charge is 2.20. The number of hydrogen-bond acceptors (Lipinski definition) is 3. The van der Waals surface area contributed by atoms with Gasteiger partial charge in [0.1, 0.15) is 5.75 Å². The minimum Gasteiger partial charge on any atom is -0.493 e. The fourth-order valence-electron chi connectivity index (χ4n) is 2.10. The molecule has 0 spiro atoms. The Balaban J connectivity index is 1.94. The molecule has 1 saturated carbocycles. The minimum absolute atomic E-state index is 0.714. The minimum atomic E-state index is 0.714. The molecule has 1 aliphatic carbocycles. The Morgan fingerprint density at radius 3 is 2.68 bits per heavy atom. The Morgan fingerprint density at radius 1 is 1.21 bits per heavy atom. The smallest absolute Gasteiger partial charge is 0.119 e. The van der Waals surface area contributed by atoms with Crippen LogP contribution in [0.1, 0.15) is 36.0 Å². The second-order valence-electron chi connectivity index (χ2n) is 5.37. The van der Waals surface area contributed by atoms with E-state index in [-0.39, 0.29) is 0 Å². The number of methoxy groups -OCH3 is 1. The molecule has 1 N–H and O–H groups in total. The zero-order valence-electron chi connectivity index (χ0n) is 12.3. The summed E-state index contributed by atoms with van der Waals surface area (Å²) >= 11 is 0. The molecule has 1 aromatic carbocycles. The van der Waals surface area contributed by atoms with Crippen LogP contribution >= 0.6 is 0 Å². The van der Waals surface area contributed by atoms with Crippen LogP contribution in [0.2, 0.25) is 0 Å². The third kappa shape index (κ3) is 4.51. The number of hydrogen-bond donors (Lipinski definition) is 1. The van der Waals surface area contributed by atoms with E-state index in [2.05, 4.69) is 31.3 Å². The van der Waals surface area contributed by atoms with Crippen molar-refractivity contribution in [3.05, 3.63) is 28.8 Å². The van der Waals surface area contributed by atoms with E-state index in [9.17, 15) is 0 Å². The highest BCUT2D eigenvalue weighted by atomic mass is 16.5. The van der Waals surface area contributed by atoms with Gasteiger partial charge in [0.25, 0.3) is 0 Å². The van der Waals surface area contributed by atoms with Crippen LogP contribution in [0, 0.1) is 13.8 Å². The van der Waals surface area contributed by atoms with Crippen molar-refractivity contribution in [2.24, 2.45) is 0 Å². The van der Waals surface area contributed by atoms with Gasteiger partial charge in [0.2, 0.25) is 0 Å². The molecule has 0 atom stereocenters. The summed E-state index contributed by atoms with van der Waals surface area (Å²) in [4.78, 5) is 0. The first-order valence-corrected chi connectivity index (χ1v) is 7.16. The molecule has 0 aromatic heterocycles. The van der Waals surface area contributed by atoms with Crippen molar-refractivity contribution in [2.75, 3.05) is 20.3 Å². The SMILES string of the molecule is COCCCOc1cc(C)c(C)c(CNC2CC2)c1. The first-order valence-electron chi connectivity index (χ1n) is 7.16. The number of benzene rings is 1. The van der Waals surface area contributed by atoms with Gasteiger partial charge < -0.3 is 14.8 Å². The number of nitrogens with one attached hydrogen (secondary N) is 1. The highest BCUT2D eigenvalue weighted by molar-refractivity contribution is 5.41. The molecule has 0 amide bonds. The summed E-state index contributed by atoms with van der Waals surface area (Å²) in [5.74, 6) is 0.979. The molecule has 3 heteroatoms. The predicted octanol–water partition coefficient (Wildman–Crippen LogP) is 2.97. The van der Waals surface area contributed by atoms with Crippen molar-refractivity contribution in [3.63, 3.8) is 0 Å². The molecule has 0 bridgehead atoms. The topological polar surface area (TPSA) is 30.5 Å². The van der Waals surface area contributed by atoms with Gasteiger partial charge in [0.15, 0.2) is 0 Å². The van der Waals surface area contributed by atoms with E-state index in [1.54, 1.807) is 7.11 Å². The van der Waals surface area contributed by atoms with Crippen LogP contribution in [-0.2, 0) is 11.3 Å². The van der Waals surface area contributed by atoms with Crippen molar-refractivity contribution in [1.82, 2.24) is 5.32 Å². The van der Waals surface area contributed by atoms with Gasteiger partial charge in [-0.1, -0.05) is 0 Å². The fraction of sp³-hybridized carbons (Fsp3) is 0.625. The summed E-state index contributed by atoms with van der Waals surface area (Å²) in [6.07, 6.45) is 3.58. The van der Waals surface area contributed by atoms with Gasteiger partial charge in [-0.3, -0.25) is 0 Å². The van der Waals surface area contributed by atoms with Gasteiger partial charge >= 0.3 is 0 Å². The lowest BCUT2D eigenvalue weighted by Gasteiger charge is -2.14. The first-order chi connectivity index (χ1) is 9.20. The van der Waals surface area contributed by atoms with E-state index >= 15 is 0 Å². The zero-order chi connectivity index (χ0) is 13.7. The molecule has 0 radical (unpaired) electrons. The molecule has 0 unspecified atom stereocenters. The Hall–Kier alpha value is -1.06. The average molecular weight is 263 g/mol. The van der Waals surface area contributed by atoms with Crippen LogP contribution in [0.5, 0.6) is 5.75 Å². The largest absolute Gasteiger partial charge is 0.493 e. The second kappa shape index (κ2) is 6.92. The summed E-state index contributed by atoms with van der Waals surface area (Å²) in [5, 5.41) is 3.57. The summed E-state index contributed by atoms with van der Waals surface area (Å²) < 4.78 is 10.8. The molecule has 0 saturated heterocycles. The van der Waals surface area contributed by atoms with Crippen molar-refractivity contribution in [3.8, 4) is 5.75 Å². The van der Waals surface area contributed by atoms with Gasteiger partial charge in [-0.15, -0.1) is 0 Å². The average Bonchev–Trinajstić information content (AvgIpc) is 3.21. The lowest BCUT2D eigenvalue weighted by atomic mass is 10.0. The first kappa shape index (κ1) is 14.4. The van der Waals surface area contributed by atoms with Gasteiger partial charge in [-0.05, 0) is 55.5 Å². The predicted molar refractivity (Wildman–Crippen MR) is 77.8 cm³/mol. The van der Waals surface area contributed by atoms with Gasteiger partial charge in [0, 0.05) is 32.7 Å². The monoisotopic (exact) mass is 263 g/mol. The molecule has 106 valence electrons. The molecule has 1 fully saturated rings. The Morgan fingerprint density at radius 2 is 2.00 bits per heavy atom. The van der Waals surface area contributed by atoms with E-state index in [4.69, 9.17) is 9.47 Å². The van der Waals surface area contributed by atoms with Crippen molar-refractivity contribution in [1.29, 1.82) is 0 Å². The third-order valence-electron chi connectivity index (χ3n) is 3.67. The summed E-state index contributed by atoms with van der Waals surface area (Å²) in [6, 6.07) is 5.04. The van der Waals surface area contributed by atoms with Crippen LogP contribution in [0.3, 0.4) is 0 Å². The van der Waals surface area contributed by atoms with E-state index in [0.29, 0.717) is 6.61 Å². The molecule has 1 aromatic rings. The molecular formula is C16H25NO2. The molecular weight excluding hydrogens is 238 g/mol. The Kier molecular flexibility index (Phi) is 5.23. The normalized spacial score (nSPS) is 14.7. The Labute approximate surface area is 116 Å². The summed E-state index contributed by atoms with van der Waals surface area (Å²) in [6.45, 7) is 6.76. The van der Waals surface area contributed by atoms with Crippen molar-refractivity contribution in [2.45, 2.75) is 45.7 Å². The second-order valence-corrected chi connectivity index (χ2v) is 5.37. The maximum Gasteiger partial charge on any atom is 0.119 e. The Bertz CT molecular complexity index is 413. The van der Waals surface area contributed by atoms with Crippen LogP contribution in [0.15, 0.2) is 12.1 Å². The van der Waals surface area contributed by atoms with E-state index < -0.39 is 0 Å². The molecule has 0 aliphatic heterocycles. The highest BCUT2D eigenvalue weighted by Crippen LogP contribution is 2.24. The molecule has 0 heterocycles. The van der Waals surface area contributed by atoms with Crippen LogP contribution in [-0.4, -0.2) is 26.4 Å². The summed E-state index contributed by atoms with van der Waals surface area (Å²) in [7, 11) is 1.72.